The molecule has 0 amide bonds. The topological polar surface area (TPSA) is 35.2 Å². The maximum atomic E-state index is 5.88. The van der Waals surface area contributed by atoms with Crippen LogP contribution in [0.25, 0.3) is 0 Å². The van der Waals surface area contributed by atoms with Crippen LogP contribution in [0, 0.1) is 5.92 Å². The average molecular weight is 205 g/mol. The molecule has 0 heterocycles. The molecule has 2 rings (SSSR count). The molecule has 1 saturated carbocycles. The van der Waals surface area contributed by atoms with E-state index >= 15 is 0 Å². The molecule has 1 fully saturated rings. The van der Waals surface area contributed by atoms with Gasteiger partial charge in [0.2, 0.25) is 0 Å². The molecule has 1 atom stereocenters. The van der Waals surface area contributed by atoms with Crippen LogP contribution in [0.5, 0.6) is 5.75 Å². The van der Waals surface area contributed by atoms with Gasteiger partial charge in [0.05, 0.1) is 6.61 Å². The van der Waals surface area contributed by atoms with Crippen LogP contribution < -0.4 is 10.5 Å². The second-order valence-electron chi connectivity index (χ2n) is 4.41. The molecular formula is C13H19NO. The Kier molecular flexibility index (Phi) is 3.27. The quantitative estimate of drug-likeness (QED) is 0.802. The lowest BCUT2D eigenvalue weighted by Gasteiger charge is -2.13. The Labute approximate surface area is 91.4 Å². The molecular weight excluding hydrogens is 186 g/mol. The zero-order valence-electron chi connectivity index (χ0n) is 9.28. The van der Waals surface area contributed by atoms with Crippen molar-refractivity contribution in [2.45, 2.75) is 32.2 Å². The van der Waals surface area contributed by atoms with E-state index in [0.29, 0.717) is 0 Å². The zero-order chi connectivity index (χ0) is 10.7. The molecule has 0 bridgehead atoms. The van der Waals surface area contributed by atoms with E-state index in [1.54, 1.807) is 0 Å². The van der Waals surface area contributed by atoms with Gasteiger partial charge in [0.1, 0.15) is 5.75 Å². The minimum Gasteiger partial charge on any atom is -0.493 e. The average Bonchev–Trinajstić information content (AvgIpc) is 3.02. The SMILES string of the molecule is CC(N)c1ccccc1OCCC1CC1. The lowest BCUT2D eigenvalue weighted by atomic mass is 10.1. The van der Waals surface area contributed by atoms with Crippen LogP contribution in [-0.4, -0.2) is 6.61 Å². The van der Waals surface area contributed by atoms with E-state index in [2.05, 4.69) is 0 Å². The van der Waals surface area contributed by atoms with Gasteiger partial charge >= 0.3 is 0 Å². The third kappa shape index (κ3) is 2.96. The number of benzene rings is 1. The monoisotopic (exact) mass is 205 g/mol. The van der Waals surface area contributed by atoms with E-state index in [9.17, 15) is 0 Å². The minimum atomic E-state index is 0.0436. The number of para-hydroxylation sites is 1. The summed E-state index contributed by atoms with van der Waals surface area (Å²) in [5.41, 5.74) is 6.98. The molecule has 0 radical (unpaired) electrons. The van der Waals surface area contributed by atoms with Crippen molar-refractivity contribution in [3.8, 4) is 5.75 Å². The summed E-state index contributed by atoms with van der Waals surface area (Å²) >= 11 is 0. The van der Waals surface area contributed by atoms with Crippen LogP contribution in [0.15, 0.2) is 24.3 Å². The smallest absolute Gasteiger partial charge is 0.124 e. The fourth-order valence-corrected chi connectivity index (χ4v) is 1.73. The molecule has 0 aromatic heterocycles. The van der Waals surface area contributed by atoms with E-state index < -0.39 is 0 Å². The lowest BCUT2D eigenvalue weighted by molar-refractivity contribution is 0.298. The van der Waals surface area contributed by atoms with Gasteiger partial charge in [0.15, 0.2) is 0 Å². The first-order valence-corrected chi connectivity index (χ1v) is 5.74. The number of ether oxygens (including phenoxy) is 1. The molecule has 0 spiro atoms. The van der Waals surface area contributed by atoms with Crippen molar-refractivity contribution < 1.29 is 4.74 Å². The predicted molar refractivity (Wildman–Crippen MR) is 61.9 cm³/mol. The lowest BCUT2D eigenvalue weighted by Crippen LogP contribution is -2.08. The standard InChI is InChI=1S/C13H19NO/c1-10(14)12-4-2-3-5-13(12)15-9-8-11-6-7-11/h2-5,10-11H,6-9,14H2,1H3. The molecule has 2 nitrogen and oxygen atoms in total. The van der Waals surface area contributed by atoms with Gasteiger partial charge in [0.25, 0.3) is 0 Å². The van der Waals surface area contributed by atoms with Crippen molar-refractivity contribution in [2.75, 3.05) is 6.61 Å². The zero-order valence-corrected chi connectivity index (χ0v) is 9.28. The van der Waals surface area contributed by atoms with E-state index in [0.717, 1.165) is 23.8 Å². The van der Waals surface area contributed by atoms with Crippen molar-refractivity contribution in [1.29, 1.82) is 0 Å². The van der Waals surface area contributed by atoms with Gasteiger partial charge in [0, 0.05) is 11.6 Å². The first-order valence-electron chi connectivity index (χ1n) is 5.74. The molecule has 1 aliphatic carbocycles. The summed E-state index contributed by atoms with van der Waals surface area (Å²) in [6.07, 6.45) is 3.96. The Bertz CT molecular complexity index is 318. The van der Waals surface area contributed by atoms with Gasteiger partial charge in [-0.1, -0.05) is 31.0 Å². The normalized spacial score (nSPS) is 17.5. The molecule has 15 heavy (non-hydrogen) atoms. The van der Waals surface area contributed by atoms with Crippen molar-refractivity contribution in [2.24, 2.45) is 11.7 Å². The summed E-state index contributed by atoms with van der Waals surface area (Å²) in [6.45, 7) is 2.82. The van der Waals surface area contributed by atoms with Gasteiger partial charge in [-0.2, -0.15) is 0 Å². The van der Waals surface area contributed by atoms with E-state index in [-0.39, 0.29) is 6.04 Å². The third-order valence-electron chi connectivity index (χ3n) is 2.89. The Morgan fingerprint density at radius 3 is 2.80 bits per heavy atom. The number of rotatable bonds is 5. The summed E-state index contributed by atoms with van der Waals surface area (Å²) in [6, 6.07) is 8.09. The first kappa shape index (κ1) is 10.5. The maximum absolute atomic E-state index is 5.88. The first-order chi connectivity index (χ1) is 7.27. The molecule has 82 valence electrons. The van der Waals surface area contributed by atoms with Gasteiger partial charge in [-0.05, 0) is 25.3 Å². The van der Waals surface area contributed by atoms with Crippen molar-refractivity contribution in [3.63, 3.8) is 0 Å². The fourth-order valence-electron chi connectivity index (χ4n) is 1.73. The summed E-state index contributed by atoms with van der Waals surface area (Å²) in [7, 11) is 0. The van der Waals surface area contributed by atoms with E-state index in [1.807, 2.05) is 31.2 Å². The van der Waals surface area contributed by atoms with Gasteiger partial charge in [-0.3, -0.25) is 0 Å². The largest absolute Gasteiger partial charge is 0.493 e. The molecule has 0 saturated heterocycles. The third-order valence-corrected chi connectivity index (χ3v) is 2.89. The molecule has 1 aromatic carbocycles. The highest BCUT2D eigenvalue weighted by molar-refractivity contribution is 5.35. The Hall–Kier alpha value is -1.02. The molecule has 1 aromatic rings. The van der Waals surface area contributed by atoms with Gasteiger partial charge in [-0.15, -0.1) is 0 Å². The van der Waals surface area contributed by atoms with E-state index in [1.165, 1.54) is 19.3 Å². The Morgan fingerprint density at radius 1 is 1.40 bits per heavy atom. The second-order valence-corrected chi connectivity index (χ2v) is 4.41. The van der Waals surface area contributed by atoms with Crippen molar-refractivity contribution >= 4 is 0 Å². The summed E-state index contributed by atoms with van der Waals surface area (Å²) in [5.74, 6) is 1.88. The number of hydrogen-bond acceptors (Lipinski definition) is 2. The second kappa shape index (κ2) is 4.67. The molecule has 1 unspecified atom stereocenters. The Balaban J connectivity index is 1.92. The molecule has 0 aliphatic heterocycles. The number of hydrogen-bond donors (Lipinski definition) is 1. The molecule has 1 aliphatic rings. The van der Waals surface area contributed by atoms with Crippen LogP contribution in [0.4, 0.5) is 0 Å². The fraction of sp³-hybridized carbons (Fsp3) is 0.538. The van der Waals surface area contributed by atoms with Gasteiger partial charge < -0.3 is 10.5 Å². The number of nitrogens with two attached hydrogens (primary N) is 1. The summed E-state index contributed by atoms with van der Waals surface area (Å²) in [5, 5.41) is 0. The Morgan fingerprint density at radius 2 is 2.13 bits per heavy atom. The molecule has 2 N–H and O–H groups in total. The highest BCUT2D eigenvalue weighted by atomic mass is 16.5. The highest BCUT2D eigenvalue weighted by Crippen LogP contribution is 2.32. The molecule has 2 heteroatoms. The minimum absolute atomic E-state index is 0.0436. The predicted octanol–water partition coefficient (Wildman–Crippen LogP) is 2.89. The van der Waals surface area contributed by atoms with Crippen molar-refractivity contribution in [3.05, 3.63) is 29.8 Å². The van der Waals surface area contributed by atoms with Crippen LogP contribution in [-0.2, 0) is 0 Å². The van der Waals surface area contributed by atoms with Gasteiger partial charge in [-0.25, -0.2) is 0 Å². The van der Waals surface area contributed by atoms with Crippen LogP contribution in [0.2, 0.25) is 0 Å². The van der Waals surface area contributed by atoms with Crippen molar-refractivity contribution in [1.82, 2.24) is 0 Å². The summed E-state index contributed by atoms with van der Waals surface area (Å²) < 4.78 is 5.77. The van der Waals surface area contributed by atoms with Crippen LogP contribution in [0.1, 0.15) is 37.8 Å². The maximum Gasteiger partial charge on any atom is 0.124 e. The van der Waals surface area contributed by atoms with Crippen LogP contribution in [0.3, 0.4) is 0 Å². The summed E-state index contributed by atoms with van der Waals surface area (Å²) in [4.78, 5) is 0. The highest BCUT2D eigenvalue weighted by Gasteiger charge is 2.20. The van der Waals surface area contributed by atoms with E-state index in [4.69, 9.17) is 10.5 Å². The van der Waals surface area contributed by atoms with Crippen LogP contribution >= 0.6 is 0 Å².